The minimum absolute atomic E-state index is 0.00316. The summed E-state index contributed by atoms with van der Waals surface area (Å²) in [6.45, 7) is 8.21. The van der Waals surface area contributed by atoms with Crippen LogP contribution in [-0.4, -0.2) is 69.2 Å². The summed E-state index contributed by atoms with van der Waals surface area (Å²) >= 11 is 0. The topological polar surface area (TPSA) is 73.9 Å². The predicted octanol–water partition coefficient (Wildman–Crippen LogP) is 2.48. The lowest BCUT2D eigenvalue weighted by Gasteiger charge is -2.30. The monoisotopic (exact) mass is 416 g/mol. The van der Waals surface area contributed by atoms with Gasteiger partial charge >= 0.3 is 0 Å². The summed E-state index contributed by atoms with van der Waals surface area (Å²) in [7, 11) is 0. The molecule has 2 aliphatic rings. The Morgan fingerprint density at radius 2 is 1.73 bits per heavy atom. The second kappa shape index (κ2) is 11.9. The van der Waals surface area contributed by atoms with Crippen LogP contribution in [0.1, 0.15) is 39.0 Å². The van der Waals surface area contributed by atoms with Crippen LogP contribution >= 0.6 is 0 Å². The van der Waals surface area contributed by atoms with Crippen molar-refractivity contribution >= 4 is 23.2 Å². The van der Waals surface area contributed by atoms with E-state index in [1.54, 1.807) is 0 Å². The van der Waals surface area contributed by atoms with Crippen LogP contribution in [-0.2, 0) is 14.3 Å². The highest BCUT2D eigenvalue weighted by atomic mass is 16.5. The van der Waals surface area contributed by atoms with Gasteiger partial charge in [-0.3, -0.25) is 14.5 Å². The second-order valence-electron chi connectivity index (χ2n) is 8.24. The molecule has 2 heterocycles. The first-order valence-corrected chi connectivity index (χ1v) is 11.4. The van der Waals surface area contributed by atoms with Crippen molar-refractivity contribution in [2.75, 3.05) is 62.7 Å². The molecule has 0 radical (unpaired) electrons. The van der Waals surface area contributed by atoms with Crippen molar-refractivity contribution in [1.82, 2.24) is 10.2 Å². The zero-order valence-electron chi connectivity index (χ0n) is 18.2. The summed E-state index contributed by atoms with van der Waals surface area (Å²) < 4.78 is 5.39. The molecule has 7 heteroatoms. The Labute approximate surface area is 180 Å². The normalized spacial score (nSPS) is 18.2. The van der Waals surface area contributed by atoms with Gasteiger partial charge in [0.25, 0.3) is 0 Å². The van der Waals surface area contributed by atoms with E-state index in [2.05, 4.69) is 27.4 Å². The maximum absolute atomic E-state index is 12.4. The average molecular weight is 417 g/mol. The van der Waals surface area contributed by atoms with Crippen LogP contribution in [0.15, 0.2) is 24.3 Å². The SMILES string of the molecule is CCCCCNC(=O)C1CCN(CC(=O)Nc2ccc(N3CCOCC3)cc2)CC1. The number of morpholine rings is 1. The molecule has 2 saturated heterocycles. The third kappa shape index (κ3) is 6.99. The number of nitrogens with zero attached hydrogens (tertiary/aromatic N) is 2. The highest BCUT2D eigenvalue weighted by Gasteiger charge is 2.25. The highest BCUT2D eigenvalue weighted by Crippen LogP contribution is 2.20. The van der Waals surface area contributed by atoms with Gasteiger partial charge in [-0.25, -0.2) is 0 Å². The maximum Gasteiger partial charge on any atom is 0.238 e. The number of benzene rings is 1. The van der Waals surface area contributed by atoms with E-state index in [0.717, 1.165) is 89.4 Å². The molecule has 2 amide bonds. The number of rotatable bonds is 9. The number of nitrogens with one attached hydrogen (secondary N) is 2. The first kappa shape index (κ1) is 22.6. The van der Waals surface area contributed by atoms with Gasteiger partial charge in [-0.05, 0) is 56.6 Å². The molecule has 0 saturated carbocycles. The first-order chi connectivity index (χ1) is 14.7. The number of hydrogen-bond donors (Lipinski definition) is 2. The van der Waals surface area contributed by atoms with Crippen LogP contribution in [0.25, 0.3) is 0 Å². The average Bonchev–Trinajstić information content (AvgIpc) is 2.78. The summed E-state index contributed by atoms with van der Waals surface area (Å²) in [5.74, 6) is 0.255. The van der Waals surface area contributed by atoms with Crippen LogP contribution < -0.4 is 15.5 Å². The van der Waals surface area contributed by atoms with Crippen molar-refractivity contribution in [3.63, 3.8) is 0 Å². The minimum atomic E-state index is -0.00316. The molecule has 0 unspecified atom stereocenters. The summed E-state index contributed by atoms with van der Waals surface area (Å²) in [6, 6.07) is 8.01. The van der Waals surface area contributed by atoms with Crippen molar-refractivity contribution in [2.24, 2.45) is 5.92 Å². The lowest BCUT2D eigenvalue weighted by molar-refractivity contribution is -0.126. The molecule has 1 aromatic rings. The third-order valence-electron chi connectivity index (χ3n) is 5.93. The van der Waals surface area contributed by atoms with Gasteiger partial charge < -0.3 is 20.3 Å². The van der Waals surface area contributed by atoms with Crippen LogP contribution in [0.5, 0.6) is 0 Å². The van der Waals surface area contributed by atoms with Gasteiger partial charge in [-0.2, -0.15) is 0 Å². The number of carbonyl (C=O) groups excluding carboxylic acids is 2. The van der Waals surface area contributed by atoms with E-state index in [1.807, 2.05) is 24.3 Å². The van der Waals surface area contributed by atoms with E-state index >= 15 is 0 Å². The Hall–Kier alpha value is -2.12. The van der Waals surface area contributed by atoms with Crippen LogP contribution in [0, 0.1) is 5.92 Å². The third-order valence-corrected chi connectivity index (χ3v) is 5.93. The molecule has 0 atom stereocenters. The van der Waals surface area contributed by atoms with Crippen LogP contribution in [0.3, 0.4) is 0 Å². The summed E-state index contributed by atoms with van der Waals surface area (Å²) in [5.41, 5.74) is 1.98. The summed E-state index contributed by atoms with van der Waals surface area (Å²) in [6.07, 6.45) is 5.01. The molecule has 7 nitrogen and oxygen atoms in total. The molecule has 0 aromatic heterocycles. The van der Waals surface area contributed by atoms with Gasteiger partial charge in [0.2, 0.25) is 11.8 Å². The Morgan fingerprint density at radius 3 is 2.40 bits per heavy atom. The molecule has 2 aliphatic heterocycles. The number of amides is 2. The molecule has 3 rings (SSSR count). The first-order valence-electron chi connectivity index (χ1n) is 11.4. The van der Waals surface area contributed by atoms with E-state index in [1.165, 1.54) is 0 Å². The van der Waals surface area contributed by atoms with E-state index in [4.69, 9.17) is 4.74 Å². The predicted molar refractivity (Wildman–Crippen MR) is 120 cm³/mol. The fourth-order valence-electron chi connectivity index (χ4n) is 4.06. The molecule has 2 N–H and O–H groups in total. The number of carbonyl (C=O) groups is 2. The summed E-state index contributed by atoms with van der Waals surface area (Å²) in [4.78, 5) is 29.1. The molecule has 30 heavy (non-hydrogen) atoms. The van der Waals surface area contributed by atoms with E-state index in [9.17, 15) is 9.59 Å². The Kier molecular flexibility index (Phi) is 8.96. The van der Waals surface area contributed by atoms with E-state index in [-0.39, 0.29) is 17.7 Å². The molecule has 0 bridgehead atoms. The quantitative estimate of drug-likeness (QED) is 0.605. The minimum Gasteiger partial charge on any atom is -0.378 e. The van der Waals surface area contributed by atoms with Crippen molar-refractivity contribution in [2.45, 2.75) is 39.0 Å². The van der Waals surface area contributed by atoms with Crippen LogP contribution in [0.4, 0.5) is 11.4 Å². The molecule has 1 aromatic carbocycles. The van der Waals surface area contributed by atoms with Gasteiger partial charge in [0.15, 0.2) is 0 Å². The number of ether oxygens (including phenoxy) is 1. The van der Waals surface area contributed by atoms with Crippen molar-refractivity contribution < 1.29 is 14.3 Å². The number of likely N-dealkylation sites (tertiary alicyclic amines) is 1. The number of hydrogen-bond acceptors (Lipinski definition) is 5. The van der Waals surface area contributed by atoms with Crippen molar-refractivity contribution in [3.05, 3.63) is 24.3 Å². The van der Waals surface area contributed by atoms with Crippen LogP contribution in [0.2, 0.25) is 0 Å². The van der Waals surface area contributed by atoms with Gasteiger partial charge in [0.1, 0.15) is 0 Å². The van der Waals surface area contributed by atoms with Crippen molar-refractivity contribution in [3.8, 4) is 0 Å². The zero-order valence-corrected chi connectivity index (χ0v) is 18.2. The number of piperidine rings is 1. The van der Waals surface area contributed by atoms with E-state index < -0.39 is 0 Å². The van der Waals surface area contributed by atoms with Crippen molar-refractivity contribution in [1.29, 1.82) is 0 Å². The molecular formula is C23H36N4O3. The number of anilines is 2. The smallest absolute Gasteiger partial charge is 0.238 e. The fraction of sp³-hybridized carbons (Fsp3) is 0.652. The molecule has 0 aliphatic carbocycles. The van der Waals surface area contributed by atoms with Gasteiger partial charge in [-0.15, -0.1) is 0 Å². The standard InChI is InChI=1S/C23H36N4O3/c1-2-3-4-11-24-23(29)19-9-12-26(13-10-19)18-22(28)25-20-5-7-21(8-6-20)27-14-16-30-17-15-27/h5-8,19H,2-4,9-18H2,1H3,(H,24,29)(H,25,28). The van der Waals surface area contributed by atoms with Gasteiger partial charge in [-0.1, -0.05) is 19.8 Å². The molecule has 0 spiro atoms. The van der Waals surface area contributed by atoms with E-state index in [0.29, 0.717) is 6.54 Å². The Balaban J connectivity index is 1.36. The highest BCUT2D eigenvalue weighted by molar-refractivity contribution is 5.92. The van der Waals surface area contributed by atoms with Gasteiger partial charge in [0.05, 0.1) is 19.8 Å². The molecule has 2 fully saturated rings. The maximum atomic E-state index is 12.4. The summed E-state index contributed by atoms with van der Waals surface area (Å²) in [5, 5.41) is 6.05. The number of unbranched alkanes of at least 4 members (excludes halogenated alkanes) is 2. The molecule has 166 valence electrons. The fourth-order valence-corrected chi connectivity index (χ4v) is 4.06. The zero-order chi connectivity index (χ0) is 21.2. The molecular weight excluding hydrogens is 380 g/mol. The Bertz CT molecular complexity index is 666. The Morgan fingerprint density at radius 1 is 1.03 bits per heavy atom. The van der Waals surface area contributed by atoms with Gasteiger partial charge in [0, 0.05) is 36.9 Å². The largest absolute Gasteiger partial charge is 0.378 e. The second-order valence-corrected chi connectivity index (χ2v) is 8.24. The lowest BCUT2D eigenvalue weighted by Crippen LogP contribution is -2.43. The lowest BCUT2D eigenvalue weighted by atomic mass is 9.96.